The topological polar surface area (TPSA) is 0 Å². The zero-order valence-electron chi connectivity index (χ0n) is 32.0. The van der Waals surface area contributed by atoms with Crippen LogP contribution in [0.5, 0.6) is 0 Å². The molecule has 0 heterocycles. The van der Waals surface area contributed by atoms with Gasteiger partial charge in [0.1, 0.15) is 0 Å². The van der Waals surface area contributed by atoms with Crippen LogP contribution in [0.25, 0.3) is 109 Å². The quantitative estimate of drug-likeness (QED) is 0.126. The summed E-state index contributed by atoms with van der Waals surface area (Å²) >= 11 is 0. The molecule has 1 aliphatic rings. The van der Waals surface area contributed by atoms with Crippen LogP contribution in [0.1, 0.15) is 25.0 Å². The summed E-state index contributed by atoms with van der Waals surface area (Å²) in [6, 6.07) is 72.7. The highest BCUT2D eigenvalue weighted by Crippen LogP contribution is 2.53. The molecule has 0 spiro atoms. The minimum Gasteiger partial charge on any atom is -0.0616 e. The molecule has 12 rings (SSSR count). The fraction of sp³-hybridized carbons (Fsp3) is 0.0526. The van der Waals surface area contributed by atoms with E-state index >= 15 is 0 Å². The van der Waals surface area contributed by atoms with Gasteiger partial charge >= 0.3 is 0 Å². The maximum absolute atomic E-state index is 2.50. The first-order valence-corrected chi connectivity index (χ1v) is 20.1. The molecule has 0 bridgehead atoms. The third kappa shape index (κ3) is 4.68. The zero-order chi connectivity index (χ0) is 37.8. The molecule has 11 aromatic rings. The molecule has 1 aliphatic carbocycles. The van der Waals surface area contributed by atoms with Gasteiger partial charge in [0, 0.05) is 5.41 Å². The van der Waals surface area contributed by atoms with Crippen LogP contribution in [-0.4, -0.2) is 0 Å². The molecule has 0 nitrogen and oxygen atoms in total. The van der Waals surface area contributed by atoms with E-state index in [0.717, 1.165) is 0 Å². The second-order valence-corrected chi connectivity index (χ2v) is 16.4. The Morgan fingerprint density at radius 1 is 0.263 bits per heavy atom. The lowest BCUT2D eigenvalue weighted by atomic mass is 9.80. The van der Waals surface area contributed by atoms with Gasteiger partial charge in [-0.25, -0.2) is 0 Å². The highest BCUT2D eigenvalue weighted by molar-refractivity contribution is 6.26. The Hall–Kier alpha value is -7.02. The van der Waals surface area contributed by atoms with Gasteiger partial charge in [0.05, 0.1) is 0 Å². The smallest absolute Gasteiger partial charge is 0.0159 e. The number of hydrogen-bond donors (Lipinski definition) is 0. The molecule has 0 fully saturated rings. The molecule has 0 saturated heterocycles. The molecule has 0 saturated carbocycles. The lowest BCUT2D eigenvalue weighted by Crippen LogP contribution is -2.14. The van der Waals surface area contributed by atoms with E-state index in [1.54, 1.807) is 0 Å². The van der Waals surface area contributed by atoms with Gasteiger partial charge in [-0.3, -0.25) is 0 Å². The van der Waals surface area contributed by atoms with Gasteiger partial charge in [0.2, 0.25) is 0 Å². The second-order valence-electron chi connectivity index (χ2n) is 16.4. The Kier molecular flexibility index (Phi) is 6.78. The highest BCUT2D eigenvalue weighted by Gasteiger charge is 2.36. The van der Waals surface area contributed by atoms with Crippen molar-refractivity contribution >= 4 is 64.6 Å². The van der Waals surface area contributed by atoms with Gasteiger partial charge in [-0.15, -0.1) is 0 Å². The van der Waals surface area contributed by atoms with Crippen molar-refractivity contribution in [2.24, 2.45) is 0 Å². The number of rotatable bonds is 3. The fourth-order valence-electron chi connectivity index (χ4n) is 10.3. The summed E-state index contributed by atoms with van der Waals surface area (Å²) in [5.74, 6) is 0. The SMILES string of the molecule is CC1(C)c2ccc(-c3c4ccccc4c(-c4ccc(-c5ccc6ccccc6c5)cc4)c4ccccc34)cc2-c2cc3c4ccccc4c4ccccc4c3cc21. The van der Waals surface area contributed by atoms with Gasteiger partial charge in [0.15, 0.2) is 0 Å². The zero-order valence-corrected chi connectivity index (χ0v) is 32.0. The van der Waals surface area contributed by atoms with E-state index in [4.69, 9.17) is 0 Å². The lowest BCUT2D eigenvalue weighted by molar-refractivity contribution is 0.661. The summed E-state index contributed by atoms with van der Waals surface area (Å²) in [7, 11) is 0. The van der Waals surface area contributed by atoms with Gasteiger partial charge in [-0.2, -0.15) is 0 Å². The monoisotopic (exact) mass is 722 g/mol. The van der Waals surface area contributed by atoms with E-state index in [1.165, 1.54) is 120 Å². The van der Waals surface area contributed by atoms with E-state index in [2.05, 4.69) is 208 Å². The standard InChI is InChI=1S/C57H38/c1-57(2)53-30-29-40(32-51(53)52-33-49-43-17-7-5-15-41(43)42-16-6-8-18-44(42)50(49)34-54(52)57)56-47-21-11-9-19-45(47)55(46-20-10-12-22-48(46)56)37-26-23-36(24-27-37)39-28-25-35-13-3-4-14-38(35)31-39/h3-34H,1-2H3. The van der Waals surface area contributed by atoms with E-state index < -0.39 is 0 Å². The van der Waals surface area contributed by atoms with Crippen LogP contribution in [-0.2, 0) is 5.41 Å². The average Bonchev–Trinajstić information content (AvgIpc) is 3.49. The Morgan fingerprint density at radius 2 is 0.684 bits per heavy atom. The van der Waals surface area contributed by atoms with Crippen LogP contribution < -0.4 is 0 Å². The van der Waals surface area contributed by atoms with Gasteiger partial charge < -0.3 is 0 Å². The molecule has 266 valence electrons. The molecule has 11 aromatic carbocycles. The predicted molar refractivity (Wildman–Crippen MR) is 245 cm³/mol. The fourth-order valence-corrected chi connectivity index (χ4v) is 10.3. The third-order valence-electron chi connectivity index (χ3n) is 13.0. The molecule has 0 aliphatic heterocycles. The minimum atomic E-state index is -0.128. The molecule has 0 N–H and O–H groups in total. The largest absolute Gasteiger partial charge is 0.0616 e. The molecule has 0 radical (unpaired) electrons. The average molecular weight is 723 g/mol. The lowest BCUT2D eigenvalue weighted by Gasteiger charge is -2.23. The molecular weight excluding hydrogens is 685 g/mol. The van der Waals surface area contributed by atoms with E-state index in [1.807, 2.05) is 0 Å². The summed E-state index contributed by atoms with van der Waals surface area (Å²) in [6.45, 7) is 4.80. The number of fused-ring (bicyclic) bond motifs is 12. The van der Waals surface area contributed by atoms with E-state index in [9.17, 15) is 0 Å². The molecular formula is C57H38. The predicted octanol–water partition coefficient (Wildman–Crippen LogP) is 15.9. The first-order chi connectivity index (χ1) is 28.0. The molecule has 0 aromatic heterocycles. The Bertz CT molecular complexity index is 3410. The van der Waals surface area contributed by atoms with Crippen molar-refractivity contribution in [2.75, 3.05) is 0 Å². The number of hydrogen-bond acceptors (Lipinski definition) is 0. The summed E-state index contributed by atoms with van der Waals surface area (Å²) in [5, 5.41) is 15.6. The van der Waals surface area contributed by atoms with E-state index in [-0.39, 0.29) is 5.41 Å². The normalized spacial score (nSPS) is 13.2. The molecule has 0 unspecified atom stereocenters. The first kappa shape index (κ1) is 32.2. The Morgan fingerprint density at radius 3 is 1.28 bits per heavy atom. The van der Waals surface area contributed by atoms with Gasteiger partial charge in [0.25, 0.3) is 0 Å². The van der Waals surface area contributed by atoms with E-state index in [0.29, 0.717) is 0 Å². The second kappa shape index (κ2) is 12.0. The van der Waals surface area contributed by atoms with Crippen molar-refractivity contribution in [3.63, 3.8) is 0 Å². The van der Waals surface area contributed by atoms with Crippen LogP contribution in [0.3, 0.4) is 0 Å². The van der Waals surface area contributed by atoms with Gasteiger partial charge in [-0.05, 0) is 145 Å². The third-order valence-corrected chi connectivity index (χ3v) is 13.0. The highest BCUT2D eigenvalue weighted by atomic mass is 14.4. The number of benzene rings is 11. The Balaban J connectivity index is 1.05. The Labute approximate surface area is 332 Å². The van der Waals surface area contributed by atoms with Crippen LogP contribution >= 0.6 is 0 Å². The van der Waals surface area contributed by atoms with Crippen LogP contribution in [0.2, 0.25) is 0 Å². The van der Waals surface area contributed by atoms with Crippen molar-refractivity contribution in [1.82, 2.24) is 0 Å². The summed E-state index contributed by atoms with van der Waals surface area (Å²) < 4.78 is 0. The maximum atomic E-state index is 2.50. The van der Waals surface area contributed by atoms with Crippen LogP contribution in [0, 0.1) is 0 Å². The first-order valence-electron chi connectivity index (χ1n) is 20.1. The minimum absolute atomic E-state index is 0.128. The molecule has 0 heteroatoms. The van der Waals surface area contributed by atoms with Crippen molar-refractivity contribution in [3.8, 4) is 44.5 Å². The summed E-state index contributed by atoms with van der Waals surface area (Å²) in [6.07, 6.45) is 0. The van der Waals surface area contributed by atoms with Crippen LogP contribution in [0.15, 0.2) is 194 Å². The molecule has 0 amide bonds. The van der Waals surface area contributed by atoms with Gasteiger partial charge in [-0.1, -0.05) is 184 Å². The summed E-state index contributed by atoms with van der Waals surface area (Å²) in [5.41, 5.74) is 12.9. The van der Waals surface area contributed by atoms with Crippen molar-refractivity contribution in [1.29, 1.82) is 0 Å². The molecule has 57 heavy (non-hydrogen) atoms. The van der Waals surface area contributed by atoms with Crippen molar-refractivity contribution in [2.45, 2.75) is 19.3 Å². The van der Waals surface area contributed by atoms with Crippen molar-refractivity contribution < 1.29 is 0 Å². The molecule has 0 atom stereocenters. The van der Waals surface area contributed by atoms with Crippen molar-refractivity contribution in [3.05, 3.63) is 205 Å². The maximum Gasteiger partial charge on any atom is 0.0159 e. The van der Waals surface area contributed by atoms with Crippen LogP contribution in [0.4, 0.5) is 0 Å². The summed E-state index contributed by atoms with van der Waals surface area (Å²) in [4.78, 5) is 0.